The molecule has 0 radical (unpaired) electrons. The number of aliphatic imine (C=N–C) groups is 1. The molecule has 0 aliphatic carbocycles. The van der Waals surface area contributed by atoms with Crippen molar-refractivity contribution in [2.75, 3.05) is 11.5 Å². The van der Waals surface area contributed by atoms with E-state index < -0.39 is 0 Å². The molecule has 1 saturated heterocycles. The number of benzene rings is 2. The van der Waals surface area contributed by atoms with Crippen LogP contribution in [-0.4, -0.2) is 17.4 Å². The molecule has 1 nitrogen and oxygen atoms in total. The summed E-state index contributed by atoms with van der Waals surface area (Å²) in [7, 11) is 0. The Morgan fingerprint density at radius 3 is 2.43 bits per heavy atom. The number of hydrogen-bond acceptors (Lipinski definition) is 3. The van der Waals surface area contributed by atoms with Crippen molar-refractivity contribution >= 4 is 40.7 Å². The molecule has 0 bridgehead atoms. The first kappa shape index (κ1) is 14.5. The average molecular weight is 311 g/mol. The van der Waals surface area contributed by atoms with Gasteiger partial charge in [0.2, 0.25) is 0 Å². The van der Waals surface area contributed by atoms with Crippen molar-refractivity contribution in [2.24, 2.45) is 4.99 Å². The van der Waals surface area contributed by atoms with Crippen molar-refractivity contribution in [1.82, 2.24) is 0 Å². The van der Waals surface area contributed by atoms with Crippen LogP contribution in [0.1, 0.15) is 22.6 Å². The third-order valence-corrected chi connectivity index (χ3v) is 6.43. The molecular weight excluding hydrogens is 294 g/mol. The van der Waals surface area contributed by atoms with E-state index in [1.807, 2.05) is 47.8 Å². The molecule has 106 valence electrons. The van der Waals surface area contributed by atoms with Crippen molar-refractivity contribution in [2.45, 2.75) is 11.5 Å². The minimum atomic E-state index is 0.517. The van der Waals surface area contributed by atoms with Crippen LogP contribution in [0.15, 0.2) is 59.6 Å². The van der Waals surface area contributed by atoms with Gasteiger partial charge in [0.15, 0.2) is 0 Å². The van der Waals surface area contributed by atoms with Crippen LogP contribution in [0.4, 0.5) is 5.69 Å². The van der Waals surface area contributed by atoms with E-state index in [1.54, 1.807) is 0 Å². The van der Waals surface area contributed by atoms with E-state index in [1.165, 1.54) is 22.6 Å². The molecule has 0 unspecified atom stereocenters. The molecule has 0 N–H and O–H groups in total. The van der Waals surface area contributed by atoms with Crippen molar-refractivity contribution in [3.05, 3.63) is 65.7 Å². The molecule has 1 aliphatic heterocycles. The summed E-state index contributed by atoms with van der Waals surface area (Å²) in [4.78, 5) is 4.61. The molecule has 0 aromatic heterocycles. The topological polar surface area (TPSA) is 12.4 Å². The molecule has 0 spiro atoms. The molecule has 21 heavy (non-hydrogen) atoms. The Morgan fingerprint density at radius 1 is 1.00 bits per heavy atom. The molecule has 1 heterocycles. The second-order valence-corrected chi connectivity index (χ2v) is 7.57. The van der Waals surface area contributed by atoms with Gasteiger partial charge < -0.3 is 0 Å². The molecule has 3 rings (SSSR count). The van der Waals surface area contributed by atoms with E-state index in [-0.39, 0.29) is 0 Å². The molecule has 0 amide bonds. The highest BCUT2D eigenvalue weighted by molar-refractivity contribution is 8.19. The lowest BCUT2D eigenvalue weighted by Gasteiger charge is -2.10. The smallest absolute Gasteiger partial charge is 0.0781 e. The van der Waals surface area contributed by atoms with Gasteiger partial charge in [0, 0.05) is 22.6 Å². The summed E-state index contributed by atoms with van der Waals surface area (Å²) in [5.74, 6) is 5.66. The largest absolute Gasteiger partial charge is 0.206 e. The second-order valence-electron chi connectivity index (χ2n) is 4.85. The number of thioether (sulfide) groups is 2. The van der Waals surface area contributed by atoms with Gasteiger partial charge in [-0.25, -0.2) is 4.99 Å². The van der Waals surface area contributed by atoms with Gasteiger partial charge in [-0.3, -0.25) is 0 Å². The van der Waals surface area contributed by atoms with Crippen LogP contribution in [0.25, 0.3) is 5.57 Å². The van der Waals surface area contributed by atoms with E-state index in [4.69, 9.17) is 0 Å². The number of hydrogen-bond donors (Lipinski definition) is 0. The minimum absolute atomic E-state index is 0.517. The maximum atomic E-state index is 4.61. The summed E-state index contributed by atoms with van der Waals surface area (Å²) in [6, 6.07) is 18.7. The average Bonchev–Trinajstić information content (AvgIpc) is 3.08. The zero-order valence-electron chi connectivity index (χ0n) is 12.0. The lowest BCUT2D eigenvalue weighted by molar-refractivity contribution is 1.35. The molecule has 2 aromatic rings. The molecule has 3 heteroatoms. The molecule has 1 fully saturated rings. The van der Waals surface area contributed by atoms with E-state index in [2.05, 4.69) is 48.1 Å². The normalized spacial score (nSPS) is 14.7. The van der Waals surface area contributed by atoms with Crippen LogP contribution in [0.3, 0.4) is 0 Å². The Hall–Kier alpha value is -1.41. The van der Waals surface area contributed by atoms with Gasteiger partial charge in [-0.15, -0.1) is 23.5 Å². The second kappa shape index (κ2) is 7.04. The highest BCUT2D eigenvalue weighted by Crippen LogP contribution is 2.47. The van der Waals surface area contributed by atoms with Crippen molar-refractivity contribution < 1.29 is 0 Å². The van der Waals surface area contributed by atoms with E-state index in [0.29, 0.717) is 4.58 Å². The molecule has 0 atom stereocenters. The first-order valence-corrected chi connectivity index (χ1v) is 9.12. The fraction of sp³-hybridized carbons (Fsp3) is 0.222. The van der Waals surface area contributed by atoms with E-state index >= 15 is 0 Å². The zero-order chi connectivity index (χ0) is 14.5. The Bertz CT molecular complexity index is 667. The zero-order valence-corrected chi connectivity index (χ0v) is 13.6. The van der Waals surface area contributed by atoms with Crippen LogP contribution in [0.5, 0.6) is 0 Å². The van der Waals surface area contributed by atoms with Gasteiger partial charge in [0.25, 0.3) is 0 Å². The Labute approximate surface area is 134 Å². The molecule has 2 aromatic carbocycles. The Balaban J connectivity index is 1.92. The summed E-state index contributed by atoms with van der Waals surface area (Å²) in [5.41, 5.74) is 4.60. The van der Waals surface area contributed by atoms with Crippen LogP contribution >= 0.6 is 23.5 Å². The number of rotatable bonds is 3. The van der Waals surface area contributed by atoms with Gasteiger partial charge in [0.1, 0.15) is 0 Å². The van der Waals surface area contributed by atoms with Gasteiger partial charge in [-0.1, -0.05) is 48.5 Å². The van der Waals surface area contributed by atoms with Gasteiger partial charge in [-0.05, 0) is 24.4 Å². The number of para-hydroxylation sites is 1. The predicted octanol–water partition coefficient (Wildman–Crippen LogP) is 5.57. The third-order valence-electron chi connectivity index (χ3n) is 3.36. The van der Waals surface area contributed by atoms with Gasteiger partial charge in [0.05, 0.1) is 10.3 Å². The summed E-state index contributed by atoms with van der Waals surface area (Å²) < 4.78 is 0.517. The monoisotopic (exact) mass is 311 g/mol. The SMILES string of the molecule is CC(=C=Nc1ccccc1C1SCCS1)c1ccccc1. The molecule has 1 aliphatic rings. The number of nitrogens with zero attached hydrogens (tertiary/aromatic N) is 1. The highest BCUT2D eigenvalue weighted by Gasteiger charge is 2.20. The predicted molar refractivity (Wildman–Crippen MR) is 96.7 cm³/mol. The Kier molecular flexibility index (Phi) is 4.87. The molecule has 0 saturated carbocycles. The first-order chi connectivity index (χ1) is 10.3. The summed E-state index contributed by atoms with van der Waals surface area (Å²) >= 11 is 4.02. The van der Waals surface area contributed by atoms with Gasteiger partial charge >= 0.3 is 0 Å². The van der Waals surface area contributed by atoms with E-state index in [9.17, 15) is 0 Å². The van der Waals surface area contributed by atoms with Crippen LogP contribution in [0, 0.1) is 0 Å². The fourth-order valence-corrected chi connectivity index (χ4v) is 5.14. The first-order valence-electron chi connectivity index (χ1n) is 7.02. The summed E-state index contributed by atoms with van der Waals surface area (Å²) in [5, 5.41) is 0. The van der Waals surface area contributed by atoms with E-state index in [0.717, 1.165) is 11.3 Å². The Morgan fingerprint density at radius 2 is 1.67 bits per heavy atom. The third kappa shape index (κ3) is 3.62. The van der Waals surface area contributed by atoms with Crippen LogP contribution in [0.2, 0.25) is 0 Å². The maximum Gasteiger partial charge on any atom is 0.0781 e. The standard InChI is InChI=1S/C18H17NS2/c1-14(15-7-3-2-4-8-15)13-19-17-10-6-5-9-16(17)18-20-11-12-21-18/h2-10,18H,11-12H2,1H3. The lowest BCUT2D eigenvalue weighted by atomic mass is 10.1. The summed E-state index contributed by atoms with van der Waals surface area (Å²) in [6.07, 6.45) is 0. The van der Waals surface area contributed by atoms with Crippen molar-refractivity contribution in [3.63, 3.8) is 0 Å². The van der Waals surface area contributed by atoms with Crippen molar-refractivity contribution in [3.8, 4) is 0 Å². The van der Waals surface area contributed by atoms with Gasteiger partial charge in [-0.2, -0.15) is 0 Å². The fourth-order valence-electron chi connectivity index (χ4n) is 2.22. The summed E-state index contributed by atoms with van der Waals surface area (Å²) in [6.45, 7) is 2.06. The molecular formula is C18H17NS2. The van der Waals surface area contributed by atoms with Crippen LogP contribution < -0.4 is 0 Å². The highest BCUT2D eigenvalue weighted by atomic mass is 32.2. The maximum absolute atomic E-state index is 4.61. The minimum Gasteiger partial charge on any atom is -0.206 e. The van der Waals surface area contributed by atoms with Crippen LogP contribution in [-0.2, 0) is 0 Å². The quantitative estimate of drug-likeness (QED) is 0.687. The van der Waals surface area contributed by atoms with Crippen molar-refractivity contribution in [1.29, 1.82) is 0 Å². The lowest BCUT2D eigenvalue weighted by Crippen LogP contribution is -1.85. The number of allylic oxidation sites excluding steroid dienone is 1.